The van der Waals surface area contributed by atoms with Crippen LogP contribution >= 0.6 is 23.2 Å². The van der Waals surface area contributed by atoms with Crippen LogP contribution in [0.2, 0.25) is 10.0 Å². The first kappa shape index (κ1) is 18.9. The molecule has 1 aromatic carbocycles. The third-order valence-corrected chi connectivity index (χ3v) is 5.86. The second-order valence-corrected chi connectivity index (χ2v) is 8.25. The molecule has 1 heterocycles. The molecule has 0 saturated carbocycles. The Hall–Kier alpha value is -1.84. The zero-order valence-corrected chi connectivity index (χ0v) is 16.6. The molecular weight excluding hydrogens is 369 g/mol. The van der Waals surface area contributed by atoms with Crippen molar-refractivity contribution in [2.45, 2.75) is 32.7 Å². The second kappa shape index (κ2) is 6.71. The van der Waals surface area contributed by atoms with Crippen LogP contribution < -0.4 is 0 Å². The van der Waals surface area contributed by atoms with Gasteiger partial charge in [0.1, 0.15) is 0 Å². The van der Waals surface area contributed by atoms with Crippen molar-refractivity contribution in [3.8, 4) is 0 Å². The highest BCUT2D eigenvalue weighted by atomic mass is 35.5. The van der Waals surface area contributed by atoms with E-state index in [2.05, 4.69) is 6.08 Å². The number of carbonyl (C=O) groups excluding carboxylic acids is 2. The SMILES string of the molecule is CC1=CCC(N2CC=CC2=O)(C(C)(C)C(=O)c2cc(Cl)cc(Cl)c2)C=C1. The Kier molecular flexibility index (Phi) is 4.89. The molecule has 0 bridgehead atoms. The number of benzene rings is 1. The number of halogens is 2. The molecular formula is C21H21Cl2NO2. The highest BCUT2D eigenvalue weighted by Crippen LogP contribution is 2.46. The Morgan fingerprint density at radius 2 is 1.81 bits per heavy atom. The number of rotatable bonds is 4. The molecule has 0 saturated heterocycles. The lowest BCUT2D eigenvalue weighted by Crippen LogP contribution is -2.60. The van der Waals surface area contributed by atoms with Gasteiger partial charge in [-0.15, -0.1) is 0 Å². The van der Waals surface area contributed by atoms with Crippen molar-refractivity contribution in [1.29, 1.82) is 0 Å². The molecule has 136 valence electrons. The van der Waals surface area contributed by atoms with Gasteiger partial charge in [0.05, 0.1) is 11.0 Å². The maximum absolute atomic E-state index is 13.5. The van der Waals surface area contributed by atoms with Crippen molar-refractivity contribution in [1.82, 2.24) is 4.90 Å². The Morgan fingerprint density at radius 1 is 1.15 bits per heavy atom. The minimum Gasteiger partial charge on any atom is -0.325 e. The van der Waals surface area contributed by atoms with E-state index in [1.165, 1.54) is 0 Å². The summed E-state index contributed by atoms with van der Waals surface area (Å²) in [6.07, 6.45) is 10.0. The summed E-state index contributed by atoms with van der Waals surface area (Å²) in [6, 6.07) is 4.86. The molecule has 1 aliphatic heterocycles. The summed E-state index contributed by atoms with van der Waals surface area (Å²) in [6.45, 7) is 6.27. The number of nitrogens with zero attached hydrogens (tertiary/aromatic N) is 1. The average Bonchev–Trinajstić information content (AvgIpc) is 3.00. The zero-order valence-electron chi connectivity index (χ0n) is 15.1. The molecule has 3 rings (SSSR count). The number of allylic oxidation sites excluding steroid dienone is 2. The summed E-state index contributed by atoms with van der Waals surface area (Å²) in [5, 5.41) is 0.832. The summed E-state index contributed by atoms with van der Waals surface area (Å²) in [4.78, 5) is 27.8. The molecule has 0 fully saturated rings. The fourth-order valence-electron chi connectivity index (χ4n) is 3.76. The molecule has 26 heavy (non-hydrogen) atoms. The first-order valence-corrected chi connectivity index (χ1v) is 9.28. The lowest BCUT2D eigenvalue weighted by molar-refractivity contribution is -0.131. The van der Waals surface area contributed by atoms with E-state index < -0.39 is 11.0 Å². The van der Waals surface area contributed by atoms with E-state index in [-0.39, 0.29) is 11.7 Å². The van der Waals surface area contributed by atoms with Gasteiger partial charge in [-0.25, -0.2) is 0 Å². The molecule has 1 aliphatic carbocycles. The minimum absolute atomic E-state index is 0.0763. The number of hydrogen-bond acceptors (Lipinski definition) is 2. The number of Topliss-reactive ketones (excluding diaryl/α,β-unsaturated/α-hetero) is 1. The van der Waals surface area contributed by atoms with E-state index in [1.807, 2.05) is 39.0 Å². The van der Waals surface area contributed by atoms with Crippen LogP contribution in [0.4, 0.5) is 0 Å². The van der Waals surface area contributed by atoms with Crippen LogP contribution in [-0.2, 0) is 4.79 Å². The molecule has 3 nitrogen and oxygen atoms in total. The van der Waals surface area contributed by atoms with E-state index in [1.54, 1.807) is 29.2 Å². The van der Waals surface area contributed by atoms with Crippen molar-refractivity contribution in [2.24, 2.45) is 5.41 Å². The predicted octanol–water partition coefficient (Wildman–Crippen LogP) is 5.25. The molecule has 1 aromatic rings. The van der Waals surface area contributed by atoms with Crippen molar-refractivity contribution in [2.75, 3.05) is 6.54 Å². The highest BCUT2D eigenvalue weighted by Gasteiger charge is 2.53. The summed E-state index contributed by atoms with van der Waals surface area (Å²) in [7, 11) is 0. The zero-order chi connectivity index (χ0) is 19.1. The van der Waals surface area contributed by atoms with Gasteiger partial charge in [-0.05, 0) is 45.4 Å². The predicted molar refractivity (Wildman–Crippen MR) is 106 cm³/mol. The Morgan fingerprint density at radius 3 is 2.31 bits per heavy atom. The quantitative estimate of drug-likeness (QED) is 0.659. The third kappa shape index (κ3) is 3.04. The monoisotopic (exact) mass is 389 g/mol. The molecule has 0 spiro atoms. The minimum atomic E-state index is -0.879. The first-order chi connectivity index (χ1) is 12.2. The summed E-state index contributed by atoms with van der Waals surface area (Å²) >= 11 is 12.2. The van der Waals surface area contributed by atoms with Gasteiger partial charge in [-0.2, -0.15) is 0 Å². The van der Waals surface area contributed by atoms with Gasteiger partial charge in [0.2, 0.25) is 5.91 Å². The maximum atomic E-state index is 13.5. The first-order valence-electron chi connectivity index (χ1n) is 8.52. The van der Waals surface area contributed by atoms with E-state index in [0.29, 0.717) is 28.6 Å². The normalized spacial score (nSPS) is 22.7. The van der Waals surface area contributed by atoms with Crippen LogP contribution in [0.25, 0.3) is 0 Å². The fraction of sp³-hybridized carbons (Fsp3) is 0.333. The number of hydrogen-bond donors (Lipinski definition) is 0. The Labute approximate surface area is 164 Å². The molecule has 1 unspecified atom stereocenters. The van der Waals surface area contributed by atoms with Crippen molar-refractivity contribution < 1.29 is 9.59 Å². The average molecular weight is 390 g/mol. The topological polar surface area (TPSA) is 37.4 Å². The van der Waals surface area contributed by atoms with Gasteiger partial charge in [0.25, 0.3) is 0 Å². The van der Waals surface area contributed by atoms with Crippen molar-refractivity contribution >= 4 is 34.9 Å². The molecule has 0 aromatic heterocycles. The summed E-state index contributed by atoms with van der Waals surface area (Å²) < 4.78 is 0. The molecule has 0 N–H and O–H groups in total. The van der Waals surface area contributed by atoms with Crippen LogP contribution in [-0.4, -0.2) is 28.7 Å². The summed E-state index contributed by atoms with van der Waals surface area (Å²) in [5.74, 6) is -0.174. The van der Waals surface area contributed by atoms with Gasteiger partial charge >= 0.3 is 0 Å². The van der Waals surface area contributed by atoms with Crippen LogP contribution in [0.1, 0.15) is 37.6 Å². The van der Waals surface area contributed by atoms with Crippen molar-refractivity contribution in [3.63, 3.8) is 0 Å². The van der Waals surface area contributed by atoms with Gasteiger partial charge in [-0.3, -0.25) is 9.59 Å². The molecule has 2 aliphatic rings. The van der Waals surface area contributed by atoms with Gasteiger partial charge < -0.3 is 4.90 Å². The number of carbonyl (C=O) groups is 2. The van der Waals surface area contributed by atoms with Gasteiger partial charge in [0, 0.05) is 28.2 Å². The summed E-state index contributed by atoms with van der Waals surface area (Å²) in [5.41, 5.74) is -0.0598. The fourth-order valence-corrected chi connectivity index (χ4v) is 4.29. The van der Waals surface area contributed by atoms with Crippen molar-refractivity contribution in [3.05, 3.63) is 69.8 Å². The number of ketones is 1. The third-order valence-electron chi connectivity index (χ3n) is 5.43. The molecule has 1 atom stereocenters. The van der Waals surface area contributed by atoms with Crippen LogP contribution in [0.15, 0.2) is 54.2 Å². The standard InChI is InChI=1S/C21H21Cl2NO2/c1-14-6-8-21(9-7-14,24-10-4-5-18(24)25)20(2,3)19(26)15-11-16(22)13-17(23)12-15/h4-8,11-13H,9-10H2,1-3H3. The van der Waals surface area contributed by atoms with Gasteiger partial charge in [-0.1, -0.05) is 53.1 Å². The Bertz CT molecular complexity index is 847. The van der Waals surface area contributed by atoms with E-state index >= 15 is 0 Å². The van der Waals surface area contributed by atoms with E-state index in [0.717, 1.165) is 5.57 Å². The molecule has 1 amide bonds. The molecule has 5 heteroatoms. The van der Waals surface area contributed by atoms with Gasteiger partial charge in [0.15, 0.2) is 5.78 Å². The van der Waals surface area contributed by atoms with Crippen LogP contribution in [0, 0.1) is 5.41 Å². The molecule has 0 radical (unpaired) electrons. The largest absolute Gasteiger partial charge is 0.325 e. The number of amides is 1. The van der Waals surface area contributed by atoms with Crippen LogP contribution in [0.3, 0.4) is 0 Å². The smallest absolute Gasteiger partial charge is 0.247 e. The van der Waals surface area contributed by atoms with Crippen LogP contribution in [0.5, 0.6) is 0 Å². The highest BCUT2D eigenvalue weighted by molar-refractivity contribution is 6.35. The maximum Gasteiger partial charge on any atom is 0.247 e. The Balaban J connectivity index is 2.09. The van der Waals surface area contributed by atoms with E-state index in [4.69, 9.17) is 23.2 Å². The van der Waals surface area contributed by atoms with E-state index in [9.17, 15) is 9.59 Å². The second-order valence-electron chi connectivity index (χ2n) is 7.37. The lowest BCUT2D eigenvalue weighted by atomic mass is 9.63. The lowest BCUT2D eigenvalue weighted by Gasteiger charge is -2.50.